The Morgan fingerprint density at radius 3 is 2.42 bits per heavy atom. The fraction of sp³-hybridized carbons (Fsp3) is 0.400. The van der Waals surface area contributed by atoms with Crippen LogP contribution >= 0.6 is 0 Å². The van der Waals surface area contributed by atoms with E-state index in [1.54, 1.807) is 6.20 Å². The lowest BCUT2D eigenvalue weighted by Crippen LogP contribution is -2.38. The third-order valence-corrected chi connectivity index (χ3v) is 4.05. The zero-order chi connectivity index (χ0) is 17.4. The van der Waals surface area contributed by atoms with Gasteiger partial charge in [0.05, 0.1) is 0 Å². The van der Waals surface area contributed by atoms with Crippen LogP contribution in [-0.4, -0.2) is 36.5 Å². The van der Waals surface area contributed by atoms with Crippen molar-refractivity contribution in [3.63, 3.8) is 0 Å². The number of ether oxygens (including phenoxy) is 1. The Morgan fingerprint density at radius 1 is 1.12 bits per heavy atom. The van der Waals surface area contributed by atoms with Gasteiger partial charge in [-0.05, 0) is 31.8 Å². The molecule has 0 fully saturated rings. The van der Waals surface area contributed by atoms with Crippen LogP contribution in [0.2, 0.25) is 0 Å². The first-order valence-electron chi connectivity index (χ1n) is 8.38. The van der Waals surface area contributed by atoms with Crippen molar-refractivity contribution in [1.29, 1.82) is 0 Å². The Hall–Kier alpha value is -2.20. The number of pyridine rings is 1. The van der Waals surface area contributed by atoms with Gasteiger partial charge in [0.25, 0.3) is 0 Å². The lowest BCUT2D eigenvalue weighted by atomic mass is 9.85. The van der Waals surface area contributed by atoms with Crippen LogP contribution in [0.4, 0.5) is 0 Å². The molecule has 128 valence electrons. The minimum absolute atomic E-state index is 0.187. The Kier molecular flexibility index (Phi) is 6.50. The maximum absolute atomic E-state index is 12.2. The molecule has 1 atom stereocenters. The molecule has 1 aromatic heterocycles. The van der Waals surface area contributed by atoms with Crippen molar-refractivity contribution >= 4 is 5.97 Å². The standard InChI is InChI=1S/C20H26N2O2/c1-4-19(23)24-20(13-15-22(2)3,17-10-6-5-7-11-17)16-18-12-8-9-14-21-18/h5-12,14H,4,13,15-16H2,1-3H3. The van der Waals surface area contributed by atoms with Gasteiger partial charge in [-0.25, -0.2) is 0 Å². The van der Waals surface area contributed by atoms with E-state index in [0.717, 1.165) is 17.8 Å². The summed E-state index contributed by atoms with van der Waals surface area (Å²) in [7, 11) is 4.05. The van der Waals surface area contributed by atoms with E-state index < -0.39 is 5.60 Å². The highest BCUT2D eigenvalue weighted by molar-refractivity contribution is 5.69. The highest BCUT2D eigenvalue weighted by atomic mass is 16.6. The van der Waals surface area contributed by atoms with Gasteiger partial charge in [0.15, 0.2) is 0 Å². The summed E-state index contributed by atoms with van der Waals surface area (Å²) in [4.78, 5) is 18.7. The van der Waals surface area contributed by atoms with E-state index in [1.807, 2.05) is 69.6 Å². The fourth-order valence-electron chi connectivity index (χ4n) is 2.71. The quantitative estimate of drug-likeness (QED) is 0.697. The molecule has 0 aliphatic heterocycles. The molecule has 0 N–H and O–H groups in total. The van der Waals surface area contributed by atoms with Gasteiger partial charge in [-0.2, -0.15) is 0 Å². The molecule has 1 aromatic carbocycles. The van der Waals surface area contributed by atoms with E-state index >= 15 is 0 Å². The number of aromatic nitrogens is 1. The summed E-state index contributed by atoms with van der Waals surface area (Å²) in [5, 5.41) is 0. The average molecular weight is 326 g/mol. The predicted octanol–water partition coefficient (Wildman–Crippen LogP) is 3.42. The molecule has 4 nitrogen and oxygen atoms in total. The molecule has 1 heterocycles. The van der Waals surface area contributed by atoms with Crippen LogP contribution in [0.15, 0.2) is 54.7 Å². The van der Waals surface area contributed by atoms with Crippen molar-refractivity contribution in [2.75, 3.05) is 20.6 Å². The van der Waals surface area contributed by atoms with Gasteiger partial charge in [-0.3, -0.25) is 9.78 Å². The number of hydrogen-bond donors (Lipinski definition) is 0. The molecule has 2 rings (SSSR count). The molecule has 0 saturated carbocycles. The van der Waals surface area contributed by atoms with Gasteiger partial charge in [-0.1, -0.05) is 43.3 Å². The predicted molar refractivity (Wildman–Crippen MR) is 95.6 cm³/mol. The molecule has 4 heteroatoms. The molecule has 0 spiro atoms. The van der Waals surface area contributed by atoms with Gasteiger partial charge in [0, 0.05) is 37.7 Å². The SMILES string of the molecule is CCC(=O)OC(CCN(C)C)(Cc1ccccn1)c1ccccc1. The van der Waals surface area contributed by atoms with Crippen molar-refractivity contribution in [3.05, 3.63) is 66.0 Å². The highest BCUT2D eigenvalue weighted by Crippen LogP contribution is 2.34. The number of benzene rings is 1. The number of esters is 1. The minimum Gasteiger partial charge on any atom is -0.454 e. The van der Waals surface area contributed by atoms with Gasteiger partial charge in [0.1, 0.15) is 5.60 Å². The topological polar surface area (TPSA) is 42.4 Å². The summed E-state index contributed by atoms with van der Waals surface area (Å²) >= 11 is 0. The lowest BCUT2D eigenvalue weighted by molar-refractivity contribution is -0.162. The van der Waals surface area contributed by atoms with Crippen LogP contribution in [0.25, 0.3) is 0 Å². The van der Waals surface area contributed by atoms with Crippen LogP contribution in [0.3, 0.4) is 0 Å². The molecule has 0 aliphatic rings. The van der Waals surface area contributed by atoms with Crippen LogP contribution < -0.4 is 0 Å². The maximum atomic E-state index is 12.2. The zero-order valence-corrected chi connectivity index (χ0v) is 14.7. The number of carbonyl (C=O) groups is 1. The molecular formula is C20H26N2O2. The first-order valence-corrected chi connectivity index (χ1v) is 8.38. The van der Waals surface area contributed by atoms with E-state index in [2.05, 4.69) is 9.88 Å². The average Bonchev–Trinajstić information content (AvgIpc) is 2.61. The maximum Gasteiger partial charge on any atom is 0.306 e. The molecule has 2 aromatic rings. The summed E-state index contributed by atoms with van der Waals surface area (Å²) < 4.78 is 6.02. The largest absolute Gasteiger partial charge is 0.454 e. The third kappa shape index (κ3) is 4.90. The second kappa shape index (κ2) is 8.60. The zero-order valence-electron chi connectivity index (χ0n) is 14.7. The van der Waals surface area contributed by atoms with E-state index in [9.17, 15) is 4.79 Å². The van der Waals surface area contributed by atoms with E-state index in [0.29, 0.717) is 19.3 Å². The smallest absolute Gasteiger partial charge is 0.306 e. The van der Waals surface area contributed by atoms with Gasteiger partial charge >= 0.3 is 5.97 Å². The van der Waals surface area contributed by atoms with E-state index in [-0.39, 0.29) is 5.97 Å². The van der Waals surface area contributed by atoms with Gasteiger partial charge < -0.3 is 9.64 Å². The molecule has 0 bridgehead atoms. The fourth-order valence-corrected chi connectivity index (χ4v) is 2.71. The summed E-state index contributed by atoms with van der Waals surface area (Å²) in [6.07, 6.45) is 3.42. The van der Waals surface area contributed by atoms with Crippen LogP contribution in [0.1, 0.15) is 31.0 Å². The molecule has 0 amide bonds. The third-order valence-electron chi connectivity index (χ3n) is 4.05. The molecular weight excluding hydrogens is 300 g/mol. The van der Waals surface area contributed by atoms with Crippen LogP contribution in [0, 0.1) is 0 Å². The van der Waals surface area contributed by atoms with Gasteiger partial charge in [0.2, 0.25) is 0 Å². The molecule has 0 aliphatic carbocycles. The second-order valence-corrected chi connectivity index (χ2v) is 6.24. The molecule has 1 unspecified atom stereocenters. The van der Waals surface area contributed by atoms with Crippen LogP contribution in [0.5, 0.6) is 0 Å². The van der Waals surface area contributed by atoms with Gasteiger partial charge in [-0.15, -0.1) is 0 Å². The number of rotatable bonds is 8. The molecule has 0 saturated heterocycles. The molecule has 24 heavy (non-hydrogen) atoms. The lowest BCUT2D eigenvalue weighted by Gasteiger charge is -2.35. The van der Waals surface area contributed by atoms with Crippen molar-refractivity contribution in [2.24, 2.45) is 0 Å². The Labute approximate surface area is 144 Å². The minimum atomic E-state index is -0.701. The van der Waals surface area contributed by atoms with E-state index in [1.165, 1.54) is 0 Å². The molecule has 0 radical (unpaired) electrons. The Balaban J connectivity index is 2.43. The van der Waals surface area contributed by atoms with Crippen LogP contribution in [-0.2, 0) is 21.6 Å². The Morgan fingerprint density at radius 2 is 1.83 bits per heavy atom. The van der Waals surface area contributed by atoms with Crippen molar-refractivity contribution in [1.82, 2.24) is 9.88 Å². The number of nitrogens with zero attached hydrogens (tertiary/aromatic N) is 2. The van der Waals surface area contributed by atoms with E-state index in [4.69, 9.17) is 4.74 Å². The first kappa shape index (κ1) is 18.1. The normalized spacial score (nSPS) is 13.5. The number of carbonyl (C=O) groups excluding carboxylic acids is 1. The summed E-state index contributed by atoms with van der Waals surface area (Å²) in [5.74, 6) is -0.187. The summed E-state index contributed by atoms with van der Waals surface area (Å²) in [6, 6.07) is 15.8. The van der Waals surface area contributed by atoms with Crippen molar-refractivity contribution < 1.29 is 9.53 Å². The highest BCUT2D eigenvalue weighted by Gasteiger charge is 2.36. The number of hydrogen-bond acceptors (Lipinski definition) is 4. The summed E-state index contributed by atoms with van der Waals surface area (Å²) in [5.41, 5.74) is 1.23. The second-order valence-electron chi connectivity index (χ2n) is 6.24. The van der Waals surface area contributed by atoms with Crippen molar-refractivity contribution in [3.8, 4) is 0 Å². The monoisotopic (exact) mass is 326 g/mol. The first-order chi connectivity index (χ1) is 11.6. The summed E-state index contributed by atoms with van der Waals surface area (Å²) in [6.45, 7) is 2.64. The Bertz CT molecular complexity index is 629. The van der Waals surface area contributed by atoms with Crippen molar-refractivity contribution in [2.45, 2.75) is 31.8 Å².